The standard InChI is InChI=1S/C32H30F4N6O3/c33-16-10-32(6-1-7-41(32)11-16)14-45-31-39-28-24-29(40-31)42-12-17-3-5-21(37-17)22(42)13-44-30(24)38-27(26(28)36)19-9-18(43)8-15-2-4-20(34)25(35)23(15)19/h2,4,8-9,16-17,21-22,37,43H,1,3,5-7,10-14H2/t16-,17?,21-,22-,32-/m0/s1. The lowest BCUT2D eigenvalue weighted by Gasteiger charge is -2.40. The molecule has 5 aliphatic rings. The normalized spacial score (nSPS) is 28.8. The lowest BCUT2D eigenvalue weighted by atomic mass is 9.95. The topological polar surface area (TPSA) is 95.9 Å². The van der Waals surface area contributed by atoms with Crippen molar-refractivity contribution in [1.82, 2.24) is 25.2 Å². The maximum Gasteiger partial charge on any atom is 0.319 e. The van der Waals surface area contributed by atoms with Gasteiger partial charge in [0.1, 0.15) is 47.5 Å². The number of hydrogen-bond acceptors (Lipinski definition) is 9. The largest absolute Gasteiger partial charge is 0.508 e. The predicted molar refractivity (Wildman–Crippen MR) is 157 cm³/mol. The van der Waals surface area contributed by atoms with E-state index < -0.39 is 29.2 Å². The second-order valence-corrected chi connectivity index (χ2v) is 13.0. The summed E-state index contributed by atoms with van der Waals surface area (Å²) in [7, 11) is 0. The number of piperazine rings is 1. The summed E-state index contributed by atoms with van der Waals surface area (Å²) in [4.78, 5) is 18.1. The molecule has 13 heteroatoms. The molecule has 2 bridgehead atoms. The molecule has 0 amide bonds. The summed E-state index contributed by atoms with van der Waals surface area (Å²) in [6.45, 7) is 2.14. The number of fused-ring (bicyclic) bond motifs is 7. The van der Waals surface area contributed by atoms with E-state index in [2.05, 4.69) is 25.1 Å². The molecule has 0 saturated carbocycles. The van der Waals surface area contributed by atoms with Gasteiger partial charge >= 0.3 is 6.01 Å². The van der Waals surface area contributed by atoms with Gasteiger partial charge in [0.05, 0.1) is 11.6 Å². The van der Waals surface area contributed by atoms with Gasteiger partial charge in [0, 0.05) is 42.5 Å². The number of pyridine rings is 1. The first-order chi connectivity index (χ1) is 21.8. The van der Waals surface area contributed by atoms with Gasteiger partial charge in [0.25, 0.3) is 0 Å². The number of alkyl halides is 1. The van der Waals surface area contributed by atoms with Crippen LogP contribution in [0.1, 0.15) is 32.1 Å². The van der Waals surface area contributed by atoms with Gasteiger partial charge in [0.15, 0.2) is 17.5 Å². The minimum Gasteiger partial charge on any atom is -0.508 e. The Morgan fingerprint density at radius 2 is 1.96 bits per heavy atom. The Morgan fingerprint density at radius 1 is 1.07 bits per heavy atom. The van der Waals surface area contributed by atoms with Crippen LogP contribution in [0, 0.1) is 17.5 Å². The highest BCUT2D eigenvalue weighted by molar-refractivity contribution is 6.02. The third-order valence-corrected chi connectivity index (χ3v) is 10.4. The van der Waals surface area contributed by atoms with Crippen molar-refractivity contribution in [3.8, 4) is 28.9 Å². The molecule has 2 N–H and O–H groups in total. The number of anilines is 1. The number of hydrogen-bond donors (Lipinski definition) is 2. The van der Waals surface area contributed by atoms with Crippen LogP contribution in [-0.4, -0.2) is 87.6 Å². The van der Waals surface area contributed by atoms with E-state index in [0.717, 1.165) is 44.4 Å². The van der Waals surface area contributed by atoms with Crippen LogP contribution in [-0.2, 0) is 0 Å². The summed E-state index contributed by atoms with van der Waals surface area (Å²) in [5, 5.41) is 14.3. The van der Waals surface area contributed by atoms with Gasteiger partial charge in [-0.05, 0) is 55.8 Å². The van der Waals surface area contributed by atoms with E-state index in [1.165, 1.54) is 12.1 Å². The van der Waals surface area contributed by atoms with Crippen molar-refractivity contribution < 1.29 is 32.1 Å². The highest BCUT2D eigenvalue weighted by Crippen LogP contribution is 2.45. The predicted octanol–water partition coefficient (Wildman–Crippen LogP) is 4.62. The Labute approximate surface area is 255 Å². The second-order valence-electron chi connectivity index (χ2n) is 13.0. The van der Waals surface area contributed by atoms with Crippen molar-refractivity contribution >= 4 is 27.5 Å². The fourth-order valence-electron chi connectivity index (χ4n) is 8.38. The van der Waals surface area contributed by atoms with E-state index in [4.69, 9.17) is 14.5 Å². The molecule has 4 saturated heterocycles. The first kappa shape index (κ1) is 27.3. The van der Waals surface area contributed by atoms with Gasteiger partial charge in [-0.25, -0.2) is 22.5 Å². The quantitative estimate of drug-likeness (QED) is 0.316. The summed E-state index contributed by atoms with van der Waals surface area (Å²) >= 11 is 0. The lowest BCUT2D eigenvalue weighted by molar-refractivity contribution is 0.107. The molecule has 0 aliphatic carbocycles. The molecule has 45 heavy (non-hydrogen) atoms. The molecule has 9 nitrogen and oxygen atoms in total. The van der Waals surface area contributed by atoms with Crippen molar-refractivity contribution in [3.05, 3.63) is 41.7 Å². The first-order valence-corrected chi connectivity index (χ1v) is 15.5. The fourth-order valence-corrected chi connectivity index (χ4v) is 8.38. The van der Waals surface area contributed by atoms with E-state index >= 15 is 8.78 Å². The number of phenolic OH excluding ortho intramolecular Hbond substituents is 1. The number of phenols is 1. The maximum atomic E-state index is 16.8. The Balaban J connectivity index is 1.24. The Kier molecular flexibility index (Phi) is 5.93. The van der Waals surface area contributed by atoms with Crippen LogP contribution < -0.4 is 19.7 Å². The highest BCUT2D eigenvalue weighted by atomic mass is 19.2. The van der Waals surface area contributed by atoms with Gasteiger partial charge in [-0.2, -0.15) is 9.97 Å². The van der Waals surface area contributed by atoms with E-state index in [1.807, 2.05) is 0 Å². The number of ether oxygens (including phenoxy) is 2. The highest BCUT2D eigenvalue weighted by Gasteiger charge is 2.50. The molecule has 2 aromatic carbocycles. The molecule has 234 valence electrons. The van der Waals surface area contributed by atoms with Crippen LogP contribution >= 0.6 is 0 Å². The number of benzene rings is 2. The summed E-state index contributed by atoms with van der Waals surface area (Å²) in [5.41, 5.74) is -1.12. The zero-order valence-corrected chi connectivity index (χ0v) is 24.2. The summed E-state index contributed by atoms with van der Waals surface area (Å²) in [6.07, 6.45) is 3.06. The molecule has 7 heterocycles. The van der Waals surface area contributed by atoms with Crippen LogP contribution in [0.2, 0.25) is 0 Å². The van der Waals surface area contributed by atoms with Crippen LogP contribution in [0.3, 0.4) is 0 Å². The van der Waals surface area contributed by atoms with Crippen molar-refractivity contribution in [3.63, 3.8) is 0 Å². The monoisotopic (exact) mass is 622 g/mol. The molecule has 0 spiro atoms. The average Bonchev–Trinajstić information content (AvgIpc) is 3.65. The van der Waals surface area contributed by atoms with Gasteiger partial charge in [0.2, 0.25) is 5.88 Å². The van der Waals surface area contributed by atoms with Gasteiger partial charge in [-0.1, -0.05) is 6.07 Å². The second kappa shape index (κ2) is 9.76. The molecule has 9 rings (SSSR count). The van der Waals surface area contributed by atoms with E-state index in [0.29, 0.717) is 25.3 Å². The number of aromatic hydroxyl groups is 1. The van der Waals surface area contributed by atoms with E-state index in [1.54, 1.807) is 0 Å². The maximum absolute atomic E-state index is 16.8. The summed E-state index contributed by atoms with van der Waals surface area (Å²) < 4.78 is 73.5. The Hall–Kier alpha value is -3.97. The van der Waals surface area contributed by atoms with Gasteiger partial charge in [-0.15, -0.1) is 0 Å². The van der Waals surface area contributed by atoms with Crippen LogP contribution in [0.5, 0.6) is 17.6 Å². The zero-order chi connectivity index (χ0) is 30.6. The smallest absolute Gasteiger partial charge is 0.319 e. The van der Waals surface area contributed by atoms with Gasteiger partial charge < -0.3 is 24.8 Å². The molecule has 4 aromatic rings. The third kappa shape index (κ3) is 4.09. The number of aromatic nitrogens is 3. The summed E-state index contributed by atoms with van der Waals surface area (Å²) in [6, 6.07) is 4.83. The zero-order valence-electron chi connectivity index (χ0n) is 24.2. The SMILES string of the molecule is Oc1cc(-c2nc3c4c(nc(OC[C@@]56CCCN5C[C@@H](F)C6)nc4c2F)N2CC4CC[C@H](N4)[C@@H]2CO3)c2c(F)c(F)ccc2c1. The third-order valence-electron chi connectivity index (χ3n) is 10.4. The van der Waals surface area contributed by atoms with E-state index in [-0.39, 0.29) is 81.9 Å². The van der Waals surface area contributed by atoms with Crippen molar-refractivity contribution in [2.75, 3.05) is 37.7 Å². The Morgan fingerprint density at radius 3 is 2.84 bits per heavy atom. The molecule has 5 atom stereocenters. The number of rotatable bonds is 4. The average molecular weight is 623 g/mol. The number of nitrogens with zero attached hydrogens (tertiary/aromatic N) is 5. The molecular formula is C32H30F4N6O3. The van der Waals surface area contributed by atoms with Crippen molar-refractivity contribution in [2.45, 2.75) is 61.9 Å². The lowest BCUT2D eigenvalue weighted by Crippen LogP contribution is -2.60. The van der Waals surface area contributed by atoms with Crippen LogP contribution in [0.15, 0.2) is 24.3 Å². The van der Waals surface area contributed by atoms with Crippen LogP contribution in [0.4, 0.5) is 23.4 Å². The molecule has 1 unspecified atom stereocenters. The van der Waals surface area contributed by atoms with Crippen molar-refractivity contribution in [1.29, 1.82) is 0 Å². The van der Waals surface area contributed by atoms with Crippen LogP contribution in [0.25, 0.3) is 32.9 Å². The van der Waals surface area contributed by atoms with E-state index in [9.17, 15) is 13.9 Å². The fraction of sp³-hybridized carbons (Fsp3) is 0.469. The molecule has 5 aliphatic heterocycles. The molecule has 4 fully saturated rings. The van der Waals surface area contributed by atoms with Crippen molar-refractivity contribution in [2.24, 2.45) is 0 Å². The van der Waals surface area contributed by atoms with Gasteiger partial charge in [-0.3, -0.25) is 4.90 Å². The molecule has 0 radical (unpaired) electrons. The molecule has 2 aromatic heterocycles. The number of nitrogens with one attached hydrogen (secondary N) is 1. The summed E-state index contributed by atoms with van der Waals surface area (Å²) in [5.74, 6) is -3.01. The molecular weight excluding hydrogens is 592 g/mol. The Bertz CT molecular complexity index is 1900. The first-order valence-electron chi connectivity index (χ1n) is 15.5. The minimum atomic E-state index is -1.19. The number of halogens is 4. The minimum absolute atomic E-state index is 0.0538.